The maximum absolute atomic E-state index is 12.4. The molecule has 0 atom stereocenters. The standard InChI is InChI=1S/C12H14N2O3S/c15-18(16,14-5-7-17-8-6-14)12-9-10-3-1-2-4-11(10)13-12/h1-4,9,13H,5-8H2. The van der Waals surface area contributed by atoms with E-state index < -0.39 is 10.0 Å². The van der Waals surface area contributed by atoms with Crippen molar-refractivity contribution in [2.75, 3.05) is 26.3 Å². The van der Waals surface area contributed by atoms with E-state index in [2.05, 4.69) is 4.98 Å². The summed E-state index contributed by atoms with van der Waals surface area (Å²) in [4.78, 5) is 2.96. The molecule has 0 aliphatic carbocycles. The van der Waals surface area contributed by atoms with Gasteiger partial charge in [0.05, 0.1) is 13.2 Å². The number of aromatic nitrogens is 1. The lowest BCUT2D eigenvalue weighted by atomic mass is 10.3. The van der Waals surface area contributed by atoms with E-state index in [-0.39, 0.29) is 5.03 Å². The number of hydrogen-bond acceptors (Lipinski definition) is 3. The average molecular weight is 266 g/mol. The van der Waals surface area contributed by atoms with Crippen molar-refractivity contribution in [3.05, 3.63) is 30.3 Å². The van der Waals surface area contributed by atoms with Crippen LogP contribution in [0.2, 0.25) is 0 Å². The van der Waals surface area contributed by atoms with Crippen molar-refractivity contribution in [2.45, 2.75) is 5.03 Å². The number of H-pyrrole nitrogens is 1. The summed E-state index contributed by atoms with van der Waals surface area (Å²) < 4.78 is 31.4. The van der Waals surface area contributed by atoms with Crippen molar-refractivity contribution < 1.29 is 13.2 Å². The van der Waals surface area contributed by atoms with Crippen LogP contribution < -0.4 is 0 Å². The Morgan fingerprint density at radius 1 is 1.17 bits per heavy atom. The molecule has 0 unspecified atom stereocenters. The molecule has 0 spiro atoms. The van der Waals surface area contributed by atoms with E-state index in [0.29, 0.717) is 26.3 Å². The van der Waals surface area contributed by atoms with Crippen LogP contribution in [0.25, 0.3) is 10.9 Å². The maximum Gasteiger partial charge on any atom is 0.258 e. The van der Waals surface area contributed by atoms with Crippen LogP contribution in [0.15, 0.2) is 35.4 Å². The molecule has 0 radical (unpaired) electrons. The monoisotopic (exact) mass is 266 g/mol. The highest BCUT2D eigenvalue weighted by Crippen LogP contribution is 2.21. The third-order valence-electron chi connectivity index (χ3n) is 3.09. The van der Waals surface area contributed by atoms with E-state index in [4.69, 9.17) is 4.74 Å². The van der Waals surface area contributed by atoms with E-state index in [9.17, 15) is 8.42 Å². The first-order chi connectivity index (χ1) is 8.68. The number of fused-ring (bicyclic) bond motifs is 1. The minimum absolute atomic E-state index is 0.255. The first-order valence-electron chi connectivity index (χ1n) is 5.83. The van der Waals surface area contributed by atoms with Gasteiger partial charge in [0, 0.05) is 24.0 Å². The molecule has 96 valence electrons. The van der Waals surface area contributed by atoms with E-state index in [1.54, 1.807) is 6.07 Å². The van der Waals surface area contributed by atoms with Crippen molar-refractivity contribution in [3.63, 3.8) is 0 Å². The van der Waals surface area contributed by atoms with Gasteiger partial charge in [-0.15, -0.1) is 0 Å². The number of ether oxygens (including phenoxy) is 1. The van der Waals surface area contributed by atoms with E-state index in [1.165, 1.54) is 4.31 Å². The van der Waals surface area contributed by atoms with Gasteiger partial charge in [0.1, 0.15) is 5.03 Å². The van der Waals surface area contributed by atoms with Crippen molar-refractivity contribution in [1.29, 1.82) is 0 Å². The summed E-state index contributed by atoms with van der Waals surface area (Å²) >= 11 is 0. The minimum Gasteiger partial charge on any atom is -0.379 e. The normalized spacial score (nSPS) is 18.2. The predicted molar refractivity (Wildman–Crippen MR) is 67.9 cm³/mol. The molecule has 2 heterocycles. The van der Waals surface area contributed by atoms with Gasteiger partial charge in [-0.3, -0.25) is 0 Å². The molecule has 3 rings (SSSR count). The Bertz CT molecular complexity index is 624. The summed E-state index contributed by atoms with van der Waals surface area (Å²) in [5.41, 5.74) is 0.837. The van der Waals surface area contributed by atoms with Crippen LogP contribution in [0, 0.1) is 0 Å². The molecular weight excluding hydrogens is 252 g/mol. The summed E-state index contributed by atoms with van der Waals surface area (Å²) in [6.45, 7) is 1.74. The van der Waals surface area contributed by atoms with Crippen LogP contribution in [0.1, 0.15) is 0 Å². The van der Waals surface area contributed by atoms with Crippen LogP contribution >= 0.6 is 0 Å². The summed E-state index contributed by atoms with van der Waals surface area (Å²) in [6, 6.07) is 9.21. The number of benzene rings is 1. The summed E-state index contributed by atoms with van der Waals surface area (Å²) in [7, 11) is -3.43. The Hall–Kier alpha value is -1.37. The van der Waals surface area contributed by atoms with Gasteiger partial charge in [-0.05, 0) is 12.1 Å². The van der Waals surface area contributed by atoms with Gasteiger partial charge in [-0.25, -0.2) is 8.42 Å². The molecular formula is C12H14N2O3S. The molecule has 0 bridgehead atoms. The zero-order valence-electron chi connectivity index (χ0n) is 9.80. The Labute approximate surface area is 105 Å². The predicted octanol–water partition coefficient (Wildman–Crippen LogP) is 1.19. The Kier molecular flexibility index (Phi) is 2.85. The first kappa shape index (κ1) is 11.7. The van der Waals surface area contributed by atoms with Crippen molar-refractivity contribution in [1.82, 2.24) is 9.29 Å². The second-order valence-corrected chi connectivity index (χ2v) is 6.14. The summed E-state index contributed by atoms with van der Waals surface area (Å²) in [6.07, 6.45) is 0. The third-order valence-corrected chi connectivity index (χ3v) is 4.91. The molecule has 0 saturated carbocycles. The number of morpholine rings is 1. The lowest BCUT2D eigenvalue weighted by Gasteiger charge is -2.25. The number of rotatable bonds is 2. The molecule has 2 aromatic rings. The van der Waals surface area contributed by atoms with Gasteiger partial charge < -0.3 is 9.72 Å². The highest BCUT2D eigenvalue weighted by Gasteiger charge is 2.27. The van der Waals surface area contributed by atoms with Gasteiger partial charge >= 0.3 is 0 Å². The van der Waals surface area contributed by atoms with Gasteiger partial charge in [-0.1, -0.05) is 18.2 Å². The third kappa shape index (κ3) is 1.92. The highest BCUT2D eigenvalue weighted by molar-refractivity contribution is 7.89. The van der Waals surface area contributed by atoms with Crippen LogP contribution in [-0.2, 0) is 14.8 Å². The Balaban J connectivity index is 2.01. The quantitative estimate of drug-likeness (QED) is 0.888. The first-order valence-corrected chi connectivity index (χ1v) is 7.27. The smallest absolute Gasteiger partial charge is 0.258 e. The van der Waals surface area contributed by atoms with Crippen LogP contribution in [0.3, 0.4) is 0 Å². The number of nitrogens with one attached hydrogen (secondary N) is 1. The van der Waals surface area contributed by atoms with Crippen molar-refractivity contribution in [2.24, 2.45) is 0 Å². The van der Waals surface area contributed by atoms with Crippen LogP contribution in [0.4, 0.5) is 0 Å². The number of aromatic amines is 1. The molecule has 1 N–H and O–H groups in total. The molecule has 1 fully saturated rings. The zero-order valence-corrected chi connectivity index (χ0v) is 10.6. The molecule has 0 amide bonds. The molecule has 1 aromatic heterocycles. The summed E-state index contributed by atoms with van der Waals surface area (Å²) in [5.74, 6) is 0. The summed E-state index contributed by atoms with van der Waals surface area (Å²) in [5, 5.41) is 1.16. The molecule has 18 heavy (non-hydrogen) atoms. The van der Waals surface area contributed by atoms with Gasteiger partial charge in [0.15, 0.2) is 0 Å². The van der Waals surface area contributed by atoms with E-state index >= 15 is 0 Å². The SMILES string of the molecule is O=S(=O)(c1cc2ccccc2[nH]1)N1CCOCC1. The van der Waals surface area contributed by atoms with E-state index in [0.717, 1.165) is 10.9 Å². The second-order valence-electron chi connectivity index (χ2n) is 4.24. The molecule has 6 heteroatoms. The van der Waals surface area contributed by atoms with E-state index in [1.807, 2.05) is 24.3 Å². The van der Waals surface area contributed by atoms with Gasteiger partial charge in [0.2, 0.25) is 0 Å². The maximum atomic E-state index is 12.4. The fourth-order valence-corrected chi connectivity index (χ4v) is 3.53. The topological polar surface area (TPSA) is 62.4 Å². The number of hydrogen-bond donors (Lipinski definition) is 1. The highest BCUT2D eigenvalue weighted by atomic mass is 32.2. The van der Waals surface area contributed by atoms with Gasteiger partial charge in [-0.2, -0.15) is 4.31 Å². The van der Waals surface area contributed by atoms with Crippen molar-refractivity contribution >= 4 is 20.9 Å². The van der Waals surface area contributed by atoms with Crippen molar-refractivity contribution in [3.8, 4) is 0 Å². The average Bonchev–Trinajstić information content (AvgIpc) is 2.84. The fraction of sp³-hybridized carbons (Fsp3) is 0.333. The molecule has 5 nitrogen and oxygen atoms in total. The minimum atomic E-state index is -3.43. The molecule has 1 aliphatic heterocycles. The zero-order chi connectivity index (χ0) is 12.6. The molecule has 1 saturated heterocycles. The number of sulfonamides is 1. The lowest BCUT2D eigenvalue weighted by Crippen LogP contribution is -2.40. The Morgan fingerprint density at radius 3 is 2.61 bits per heavy atom. The molecule has 1 aliphatic rings. The number of para-hydroxylation sites is 1. The Morgan fingerprint density at radius 2 is 1.89 bits per heavy atom. The van der Waals surface area contributed by atoms with Crippen LogP contribution in [-0.4, -0.2) is 44.0 Å². The molecule has 1 aromatic carbocycles. The number of nitrogens with zero attached hydrogens (tertiary/aromatic N) is 1. The fourth-order valence-electron chi connectivity index (χ4n) is 2.11. The van der Waals surface area contributed by atoms with Gasteiger partial charge in [0.25, 0.3) is 10.0 Å². The van der Waals surface area contributed by atoms with Crippen LogP contribution in [0.5, 0.6) is 0 Å². The second kappa shape index (κ2) is 4.38. The largest absolute Gasteiger partial charge is 0.379 e. The lowest BCUT2D eigenvalue weighted by molar-refractivity contribution is 0.0729.